The van der Waals surface area contributed by atoms with Crippen molar-refractivity contribution in [3.8, 4) is 68.3 Å². The van der Waals surface area contributed by atoms with Gasteiger partial charge in [0, 0.05) is 160 Å². The maximum absolute atomic E-state index is 12.8. The van der Waals surface area contributed by atoms with Gasteiger partial charge in [0.2, 0.25) is 0 Å². The van der Waals surface area contributed by atoms with Crippen LogP contribution in [0.5, 0.6) is 0 Å². The number of fused-ring (bicyclic) bond motifs is 6. The summed E-state index contributed by atoms with van der Waals surface area (Å²) in [5, 5.41) is 16.7. The van der Waals surface area contributed by atoms with Crippen LogP contribution < -0.4 is 41.3 Å². The minimum atomic E-state index is -4.41. The Kier molecular flexibility index (Phi) is 31.9. The first-order valence-electron chi connectivity index (χ1n) is 47.7. The van der Waals surface area contributed by atoms with E-state index in [1.54, 1.807) is 78.9 Å². The Morgan fingerprint density at radius 3 is 1.02 bits per heavy atom. The smallest absolute Gasteiger partial charge is 0.416 e. The Bertz CT molecular complexity index is 8500. The highest BCUT2D eigenvalue weighted by Gasteiger charge is 2.31. The van der Waals surface area contributed by atoms with Crippen LogP contribution in [0.3, 0.4) is 0 Å². The molecule has 4 amide bonds. The van der Waals surface area contributed by atoms with Gasteiger partial charge in [-0.2, -0.15) is 13.2 Å². The van der Waals surface area contributed by atoms with Gasteiger partial charge in [-0.15, -0.1) is 0 Å². The van der Waals surface area contributed by atoms with Crippen LogP contribution in [-0.4, -0.2) is 158 Å². The van der Waals surface area contributed by atoms with E-state index in [0.717, 1.165) is 176 Å². The summed E-state index contributed by atoms with van der Waals surface area (Å²) in [4.78, 5) is 105. The molecule has 11 N–H and O–H groups in total. The third-order valence-corrected chi connectivity index (χ3v) is 24.9. The fraction of sp³-hybridized carbons (Fsp3) is 0.128. The number of hydrogen-bond donors (Lipinski definition) is 11. The first-order chi connectivity index (χ1) is 72.2. The Labute approximate surface area is 876 Å². The fourth-order valence-electron chi connectivity index (χ4n) is 16.3. The van der Waals surface area contributed by atoms with Gasteiger partial charge in [0.05, 0.1) is 95.4 Å². The number of para-hydroxylation sites is 1. The monoisotopic (exact) mass is 2060 g/mol. The van der Waals surface area contributed by atoms with Crippen molar-refractivity contribution in [1.82, 2.24) is 64.7 Å². The van der Waals surface area contributed by atoms with Gasteiger partial charge in [-0.25, -0.2) is 29.9 Å². The Hall–Kier alpha value is -17.8. The largest absolute Gasteiger partial charge is 0.472 e. The summed E-state index contributed by atoms with van der Waals surface area (Å²) in [6.07, 6.45) is 1.21. The lowest BCUT2D eigenvalue weighted by molar-refractivity contribution is -0.137. The lowest BCUT2D eigenvalue weighted by atomic mass is 10.1. The van der Waals surface area contributed by atoms with E-state index in [2.05, 4.69) is 197 Å². The molecule has 0 saturated heterocycles. The molecule has 0 fully saturated rings. The molecule has 33 heteroatoms. The number of aryl methyl sites for hydroxylation is 4. The highest BCUT2D eigenvalue weighted by molar-refractivity contribution is 6.32. The lowest BCUT2D eigenvalue weighted by Gasteiger charge is -2.11. The van der Waals surface area contributed by atoms with Crippen molar-refractivity contribution in [1.29, 1.82) is 0 Å². The number of aromatic nitrogens is 12. The van der Waals surface area contributed by atoms with Crippen molar-refractivity contribution >= 4 is 170 Å². The van der Waals surface area contributed by atoms with E-state index in [-0.39, 0.29) is 23.6 Å². The number of alkyl halides is 3. The summed E-state index contributed by atoms with van der Waals surface area (Å²) in [6, 6.07) is 93.2. The van der Waals surface area contributed by atoms with Crippen molar-refractivity contribution in [2.45, 2.75) is 33.9 Å². The van der Waals surface area contributed by atoms with Gasteiger partial charge < -0.3 is 84.9 Å². The van der Waals surface area contributed by atoms with Gasteiger partial charge in [0.1, 0.15) is 47.5 Å². The highest BCUT2D eigenvalue weighted by Crippen LogP contribution is 2.36. The molecule has 8 heterocycles. The molecule has 0 spiro atoms. The van der Waals surface area contributed by atoms with Crippen molar-refractivity contribution in [2.75, 3.05) is 111 Å². The number of likely N-dealkylation sites (N-methyl/N-ethyl adjacent to an activating group) is 1. The number of hydrogen-bond acceptors (Lipinski definition) is 17. The first-order valence-corrected chi connectivity index (χ1v) is 48.8. The molecule has 8 aromatic heterocycles. The average molecular weight is 2060 g/mol. The fourth-order valence-corrected chi connectivity index (χ4v) is 17.0. The van der Waals surface area contributed by atoms with Crippen LogP contribution in [0, 0.1) is 27.7 Å². The van der Waals surface area contributed by atoms with Crippen LogP contribution in [0.4, 0.5) is 58.7 Å². The Morgan fingerprint density at radius 1 is 0.313 bits per heavy atom. The van der Waals surface area contributed by atoms with E-state index in [9.17, 15) is 32.3 Å². The first kappa shape index (κ1) is 104. The van der Waals surface area contributed by atoms with Crippen molar-refractivity contribution in [3.63, 3.8) is 0 Å². The molecule has 27 nitrogen and oxygen atoms in total. The van der Waals surface area contributed by atoms with Crippen molar-refractivity contribution < 1.29 is 41.2 Å². The van der Waals surface area contributed by atoms with E-state index >= 15 is 0 Å². The minimum absolute atomic E-state index is 0.144. The number of aromatic amines is 6. The van der Waals surface area contributed by atoms with Crippen LogP contribution in [0.25, 0.3) is 135 Å². The number of amides is 4. The number of carbonyl (C=O) groups is 4. The molecular weight excluding hydrogens is 1960 g/mol. The molecule has 22 aromatic rings. The van der Waals surface area contributed by atoms with E-state index in [1.807, 2.05) is 194 Å². The van der Waals surface area contributed by atoms with Gasteiger partial charge in [0.15, 0.2) is 0 Å². The molecule has 0 bridgehead atoms. The number of carbonyl (C=O) groups excluding carboxylic acids is 4. The molecule has 0 aliphatic heterocycles. The molecule has 0 atom stereocenters. The minimum Gasteiger partial charge on any atom is -0.472 e. The topological polar surface area (TPSA) is 340 Å². The maximum Gasteiger partial charge on any atom is 0.416 e. The summed E-state index contributed by atoms with van der Waals surface area (Å²) >= 11 is 18.2. The number of rotatable bonds is 21. The van der Waals surface area contributed by atoms with Crippen molar-refractivity contribution in [3.05, 3.63) is 394 Å². The van der Waals surface area contributed by atoms with Crippen LogP contribution >= 0.6 is 34.8 Å². The van der Waals surface area contributed by atoms with E-state index in [4.69, 9.17) is 48.6 Å². The molecule has 0 saturated carbocycles. The predicted octanol–water partition coefficient (Wildman–Crippen LogP) is 28.0. The summed E-state index contributed by atoms with van der Waals surface area (Å²) in [5.74, 6) is 3.69. The lowest BCUT2D eigenvalue weighted by Crippen LogP contribution is -2.20. The molecule has 0 aliphatic rings. The summed E-state index contributed by atoms with van der Waals surface area (Å²) in [6.45, 7) is 10.2. The number of furan rings is 2. The third kappa shape index (κ3) is 26.0. The number of nitrogens with one attached hydrogen (secondary N) is 11. The number of H-pyrrole nitrogens is 6. The molecule has 14 aromatic carbocycles. The van der Waals surface area contributed by atoms with Gasteiger partial charge >= 0.3 is 6.18 Å². The number of anilines is 8. The normalized spacial score (nSPS) is 11.1. The van der Waals surface area contributed by atoms with Gasteiger partial charge in [0.25, 0.3) is 23.6 Å². The standard InChI is InChI=1S/C22H19ClN4O.C22H20N4O.C19H14ClN3O2.C19H12F3N3O2.C19H24N4.C16H16ClN3/c1-27(2)18-9-6-14(7-10-18)21-25-19-11-8-15(12-20(19)26-21)22(28)24-17-5-3-4-16(23)13-17;1-26(2)18-11-8-15(9-12-18)21-24-19-13-10-16(14-20(19)25-21)22(27)23-17-6-4-3-5-7-17;1-11-8-14(20)9-16-17(11)23-18(22-16)12-2-4-15(5-3-12)21-19(24)13-6-7-25-10-13;20-19(21,22)13-3-6-15-16(9-13)25-17(24-15)11-1-4-14(5-2-11)23-18(26)12-7-8-27-10-12;1-13-11-14(2)18-17(12-13)21-19(22-18)15-5-7-16(8-6-15)20-9-10-23(3)4;1-10-8-12(17)9-14-15(10)19-16(18-14)11-4-6-13(7-5-11)20(2)3/h3-13H,1-2H3,(H,24,28)(H,25,26);3-14H,1-2H3,(H,23,27)(H,24,25);2-10H,1H3,(H,21,24)(H,22,23);1-10H,(H,23,26)(H,24,25);5-8,11-12,20H,9-10H2,1-4H3,(H,21,22);4-9H,1-3H3,(H,18,19). The Morgan fingerprint density at radius 2 is 0.647 bits per heavy atom. The molecule has 0 aliphatic carbocycles. The number of nitrogens with zero attached hydrogens (tertiary/aromatic N) is 10. The second-order valence-electron chi connectivity index (χ2n) is 36.4. The molecular formula is C117H105Cl3F3N21O6. The number of halogens is 6. The van der Waals surface area contributed by atoms with Crippen molar-refractivity contribution in [2.24, 2.45) is 0 Å². The van der Waals surface area contributed by atoms with Crippen LogP contribution in [0.1, 0.15) is 69.2 Å². The van der Waals surface area contributed by atoms with E-state index in [0.29, 0.717) is 71.8 Å². The zero-order valence-corrected chi connectivity index (χ0v) is 86.0. The van der Waals surface area contributed by atoms with Gasteiger partial charge in [-0.3, -0.25) is 19.2 Å². The third-order valence-electron chi connectivity index (χ3n) is 24.2. The maximum atomic E-state index is 12.8. The zero-order valence-electron chi connectivity index (χ0n) is 83.8. The van der Waals surface area contributed by atoms with Crippen LogP contribution in [0.2, 0.25) is 15.1 Å². The summed E-state index contributed by atoms with van der Waals surface area (Å²) in [7, 11) is 16.3. The van der Waals surface area contributed by atoms with Gasteiger partial charge in [-0.1, -0.05) is 65.1 Å². The van der Waals surface area contributed by atoms with E-state index < -0.39 is 11.7 Å². The molecule has 756 valence electrons. The summed E-state index contributed by atoms with van der Waals surface area (Å²) < 4.78 is 48.2. The highest BCUT2D eigenvalue weighted by atomic mass is 35.5. The molecule has 22 rings (SSSR count). The second kappa shape index (κ2) is 46.3. The molecule has 150 heavy (non-hydrogen) atoms. The van der Waals surface area contributed by atoms with Crippen LogP contribution in [0.15, 0.2) is 337 Å². The summed E-state index contributed by atoms with van der Waals surface area (Å²) in [5.41, 5.74) is 28.8. The SMILES string of the molecule is CN(C)c1ccc(-c2nc3ccc(C(=O)Nc4cccc(Cl)c4)cc3[nH]2)cc1.CN(C)c1ccc(-c2nc3ccc(C(=O)Nc4ccccc4)cc3[nH]2)cc1.Cc1cc(C)c2nc(-c3ccc(NCCN(C)C)cc3)[nH]c2c1.Cc1cc(Cl)cc2[nH]c(-c3ccc(N(C)C)cc3)nc12.Cc1cc(Cl)cc2[nH]c(-c3ccc(NC(=O)c4ccoc4)cc3)nc12.O=C(Nc1ccc(-c2nc3ccc(C(F)(F)F)cc3[nH]2)cc1)c1ccoc1. The number of imidazole rings is 6. The average Bonchev–Trinajstić information content (AvgIpc) is 1.67. The predicted molar refractivity (Wildman–Crippen MR) is 600 cm³/mol. The second-order valence-corrected chi connectivity index (χ2v) is 37.7. The molecule has 0 unspecified atom stereocenters. The van der Waals surface area contributed by atoms with E-state index in [1.165, 1.54) is 47.9 Å². The quantitative estimate of drug-likeness (QED) is 0.0318. The van der Waals surface area contributed by atoms with Gasteiger partial charge in [-0.05, 0) is 337 Å². The zero-order chi connectivity index (χ0) is 106. The molecule has 0 radical (unpaired) electrons. The van der Waals surface area contributed by atoms with Crippen LogP contribution in [-0.2, 0) is 6.18 Å². The Balaban J connectivity index is 0.000000123. The number of benzene rings is 14.